The number of hydrogen-bond acceptors (Lipinski definition) is 3. The highest BCUT2D eigenvalue weighted by Crippen LogP contribution is 2.25. The fraction of sp³-hybridized carbons (Fsp3) is 0.562. The minimum atomic E-state index is 0.0839. The second kappa shape index (κ2) is 7.66. The average molecular weight is 310 g/mol. The van der Waals surface area contributed by atoms with Crippen LogP contribution in [0.1, 0.15) is 49.7 Å². The number of nitrogens with zero attached hydrogens (tertiary/aromatic N) is 2. The van der Waals surface area contributed by atoms with Crippen LogP contribution >= 0.6 is 11.6 Å². The monoisotopic (exact) mass is 309 g/mol. The summed E-state index contributed by atoms with van der Waals surface area (Å²) in [6, 6.07) is 6.21. The van der Waals surface area contributed by atoms with Gasteiger partial charge in [-0.25, -0.2) is 0 Å². The molecule has 1 aromatic carbocycles. The average Bonchev–Trinajstić information content (AvgIpc) is 2.77. The number of oxime groups is 1. The van der Waals surface area contributed by atoms with Crippen LogP contribution in [0.4, 0.5) is 0 Å². The Kier molecular flexibility index (Phi) is 5.88. The van der Waals surface area contributed by atoms with Crippen molar-refractivity contribution >= 4 is 17.4 Å². The zero-order chi connectivity index (χ0) is 15.2. The molecule has 116 valence electrons. The van der Waals surface area contributed by atoms with E-state index in [9.17, 15) is 0 Å². The maximum atomic E-state index is 8.70. The number of rotatable bonds is 4. The van der Waals surface area contributed by atoms with Crippen LogP contribution < -0.4 is 5.73 Å². The summed E-state index contributed by atoms with van der Waals surface area (Å²) in [7, 11) is 2.17. The Morgan fingerprint density at radius 2 is 2.00 bits per heavy atom. The topological polar surface area (TPSA) is 61.8 Å². The van der Waals surface area contributed by atoms with Crippen LogP contribution in [0.15, 0.2) is 23.4 Å². The normalized spacial score (nSPS) is 18.0. The standard InChI is InChI=1S/C16H24ClN3O/c1-20(14-6-4-2-3-5-7-14)11-13-9-8-12(10-15(13)17)16(18)19-21/h8-10,14,21H,2-7,11H2,1H3,(H2,18,19). The van der Waals surface area contributed by atoms with E-state index in [4.69, 9.17) is 22.5 Å². The molecule has 2 rings (SSSR count). The fourth-order valence-corrected chi connectivity index (χ4v) is 3.23. The summed E-state index contributed by atoms with van der Waals surface area (Å²) < 4.78 is 0. The van der Waals surface area contributed by atoms with E-state index >= 15 is 0 Å². The van der Waals surface area contributed by atoms with Crippen molar-refractivity contribution in [2.24, 2.45) is 10.9 Å². The molecule has 0 unspecified atom stereocenters. The predicted octanol–water partition coefficient (Wildman–Crippen LogP) is 3.59. The third-order valence-corrected chi connectivity index (χ3v) is 4.68. The third kappa shape index (κ3) is 4.35. The van der Waals surface area contributed by atoms with Gasteiger partial charge >= 0.3 is 0 Å². The molecular formula is C16H24ClN3O. The molecule has 3 N–H and O–H groups in total. The van der Waals surface area contributed by atoms with Crippen molar-refractivity contribution in [3.05, 3.63) is 34.3 Å². The molecule has 0 saturated heterocycles. The highest BCUT2D eigenvalue weighted by Gasteiger charge is 2.18. The number of halogens is 1. The van der Waals surface area contributed by atoms with Gasteiger partial charge in [0.2, 0.25) is 0 Å². The van der Waals surface area contributed by atoms with Gasteiger partial charge in [0.1, 0.15) is 0 Å². The van der Waals surface area contributed by atoms with E-state index in [1.807, 2.05) is 12.1 Å². The maximum Gasteiger partial charge on any atom is 0.170 e. The van der Waals surface area contributed by atoms with Crippen LogP contribution in [0.2, 0.25) is 5.02 Å². The molecule has 0 aliphatic heterocycles. The van der Waals surface area contributed by atoms with Crippen LogP contribution in [-0.2, 0) is 6.54 Å². The van der Waals surface area contributed by atoms with Crippen LogP contribution in [0.3, 0.4) is 0 Å². The summed E-state index contributed by atoms with van der Waals surface area (Å²) in [5, 5.41) is 12.4. The minimum absolute atomic E-state index is 0.0839. The minimum Gasteiger partial charge on any atom is -0.409 e. The summed E-state index contributed by atoms with van der Waals surface area (Å²) >= 11 is 6.33. The molecule has 1 fully saturated rings. The number of nitrogens with two attached hydrogens (primary N) is 1. The Balaban J connectivity index is 2.04. The van der Waals surface area contributed by atoms with Crippen LogP contribution in [-0.4, -0.2) is 29.0 Å². The van der Waals surface area contributed by atoms with Crippen molar-refractivity contribution in [1.82, 2.24) is 4.90 Å². The first-order valence-electron chi connectivity index (χ1n) is 7.58. The van der Waals surface area contributed by atoms with E-state index in [0.29, 0.717) is 16.6 Å². The van der Waals surface area contributed by atoms with Gasteiger partial charge in [0, 0.05) is 23.2 Å². The highest BCUT2D eigenvalue weighted by molar-refractivity contribution is 6.31. The molecule has 21 heavy (non-hydrogen) atoms. The second-order valence-corrected chi connectivity index (χ2v) is 6.26. The first-order chi connectivity index (χ1) is 10.1. The van der Waals surface area contributed by atoms with E-state index in [1.54, 1.807) is 6.07 Å². The molecule has 1 aromatic rings. The van der Waals surface area contributed by atoms with Gasteiger partial charge in [-0.1, -0.05) is 54.6 Å². The molecule has 0 aromatic heterocycles. The molecule has 1 saturated carbocycles. The lowest BCUT2D eigenvalue weighted by molar-refractivity contribution is 0.213. The van der Waals surface area contributed by atoms with E-state index in [1.165, 1.54) is 38.5 Å². The van der Waals surface area contributed by atoms with Gasteiger partial charge < -0.3 is 10.9 Å². The Labute approximate surface area is 131 Å². The van der Waals surface area contributed by atoms with Crippen molar-refractivity contribution < 1.29 is 5.21 Å². The lowest BCUT2D eigenvalue weighted by Gasteiger charge is -2.27. The van der Waals surface area contributed by atoms with Gasteiger partial charge in [0.05, 0.1) is 0 Å². The zero-order valence-corrected chi connectivity index (χ0v) is 13.3. The SMILES string of the molecule is CN(Cc1ccc(/C(N)=N/O)cc1Cl)C1CCCCCC1. The van der Waals surface area contributed by atoms with Crippen molar-refractivity contribution in [3.63, 3.8) is 0 Å². The fourth-order valence-electron chi connectivity index (χ4n) is 2.99. The molecule has 5 heteroatoms. The molecule has 0 radical (unpaired) electrons. The van der Waals surface area contributed by atoms with Gasteiger partial charge in [-0.2, -0.15) is 0 Å². The van der Waals surface area contributed by atoms with Gasteiger partial charge in [0.25, 0.3) is 0 Å². The summed E-state index contributed by atoms with van der Waals surface area (Å²) in [6.45, 7) is 0.833. The van der Waals surface area contributed by atoms with Gasteiger partial charge in [0.15, 0.2) is 5.84 Å². The quantitative estimate of drug-likeness (QED) is 0.294. The lowest BCUT2D eigenvalue weighted by Crippen LogP contribution is -2.30. The van der Waals surface area contributed by atoms with Gasteiger partial charge in [-0.3, -0.25) is 4.90 Å². The van der Waals surface area contributed by atoms with E-state index in [2.05, 4.69) is 17.1 Å². The highest BCUT2D eigenvalue weighted by atomic mass is 35.5. The Morgan fingerprint density at radius 3 is 2.57 bits per heavy atom. The van der Waals surface area contributed by atoms with Crippen molar-refractivity contribution in [1.29, 1.82) is 0 Å². The lowest BCUT2D eigenvalue weighted by atomic mass is 10.1. The largest absolute Gasteiger partial charge is 0.409 e. The van der Waals surface area contributed by atoms with E-state index in [-0.39, 0.29) is 5.84 Å². The van der Waals surface area contributed by atoms with Crippen molar-refractivity contribution in [2.75, 3.05) is 7.05 Å². The number of hydrogen-bond donors (Lipinski definition) is 2. The summed E-state index contributed by atoms with van der Waals surface area (Å²) in [5.74, 6) is 0.0839. The second-order valence-electron chi connectivity index (χ2n) is 5.85. The molecule has 0 atom stereocenters. The molecule has 0 heterocycles. The maximum absolute atomic E-state index is 8.70. The molecule has 0 spiro atoms. The Morgan fingerprint density at radius 1 is 1.33 bits per heavy atom. The molecule has 1 aliphatic carbocycles. The van der Waals surface area contributed by atoms with Gasteiger partial charge in [-0.15, -0.1) is 0 Å². The van der Waals surface area contributed by atoms with Crippen LogP contribution in [0.25, 0.3) is 0 Å². The Hall–Kier alpha value is -1.26. The third-order valence-electron chi connectivity index (χ3n) is 4.32. The summed E-state index contributed by atoms with van der Waals surface area (Å²) in [4.78, 5) is 2.40. The van der Waals surface area contributed by atoms with Crippen LogP contribution in [0.5, 0.6) is 0 Å². The molecule has 0 bridgehead atoms. The first kappa shape index (κ1) is 16.1. The Bertz CT molecular complexity index is 496. The van der Waals surface area contributed by atoms with E-state index < -0.39 is 0 Å². The first-order valence-corrected chi connectivity index (χ1v) is 7.96. The van der Waals surface area contributed by atoms with E-state index in [0.717, 1.165) is 12.1 Å². The number of benzene rings is 1. The van der Waals surface area contributed by atoms with Crippen molar-refractivity contribution in [3.8, 4) is 0 Å². The smallest absolute Gasteiger partial charge is 0.170 e. The molecular weight excluding hydrogens is 286 g/mol. The number of amidine groups is 1. The molecule has 1 aliphatic rings. The molecule has 4 nitrogen and oxygen atoms in total. The van der Waals surface area contributed by atoms with Gasteiger partial charge in [-0.05, 0) is 31.5 Å². The van der Waals surface area contributed by atoms with Crippen LogP contribution in [0, 0.1) is 0 Å². The molecule has 0 amide bonds. The summed E-state index contributed by atoms with van der Waals surface area (Å²) in [5.41, 5.74) is 7.30. The predicted molar refractivity (Wildman–Crippen MR) is 86.9 cm³/mol. The summed E-state index contributed by atoms with van der Waals surface area (Å²) in [6.07, 6.45) is 7.92. The van der Waals surface area contributed by atoms with Crippen molar-refractivity contribution in [2.45, 2.75) is 51.1 Å². The zero-order valence-electron chi connectivity index (χ0n) is 12.6.